The van der Waals surface area contributed by atoms with Crippen LogP contribution in [0.25, 0.3) is 0 Å². The lowest BCUT2D eigenvalue weighted by Crippen LogP contribution is -2.48. The fourth-order valence-corrected chi connectivity index (χ4v) is 6.56. The molecule has 2 fully saturated rings. The summed E-state index contributed by atoms with van der Waals surface area (Å²) in [5.41, 5.74) is 1.33. The van der Waals surface area contributed by atoms with E-state index >= 15 is 0 Å². The predicted octanol–water partition coefficient (Wildman–Crippen LogP) is 4.39. The summed E-state index contributed by atoms with van der Waals surface area (Å²) in [5.74, 6) is -0.282. The summed E-state index contributed by atoms with van der Waals surface area (Å²) in [4.78, 5) is 17.1. The Morgan fingerprint density at radius 3 is 2.09 bits per heavy atom. The predicted molar refractivity (Wildman–Crippen MR) is 127 cm³/mol. The Kier molecular flexibility index (Phi) is 7.34. The van der Waals surface area contributed by atoms with Crippen molar-refractivity contribution >= 4 is 50.7 Å². The Morgan fingerprint density at radius 1 is 0.844 bits per heavy atom. The van der Waals surface area contributed by atoms with Gasteiger partial charge in [0, 0.05) is 50.8 Å². The van der Waals surface area contributed by atoms with Gasteiger partial charge in [-0.25, -0.2) is 8.42 Å². The van der Waals surface area contributed by atoms with Crippen molar-refractivity contribution in [3.8, 4) is 0 Å². The van der Waals surface area contributed by atoms with Crippen molar-refractivity contribution in [1.29, 1.82) is 0 Å². The molecule has 4 rings (SSSR count). The van der Waals surface area contributed by atoms with Crippen molar-refractivity contribution in [1.82, 2.24) is 14.1 Å². The quantitative estimate of drug-likeness (QED) is 0.591. The van der Waals surface area contributed by atoms with Gasteiger partial charge in [0.2, 0.25) is 10.0 Å². The van der Waals surface area contributed by atoms with Gasteiger partial charge in [-0.3, -0.25) is 9.69 Å². The van der Waals surface area contributed by atoms with E-state index in [1.807, 2.05) is 24.3 Å². The molecule has 2 saturated heterocycles. The molecule has 0 aliphatic carbocycles. The van der Waals surface area contributed by atoms with Crippen molar-refractivity contribution in [2.75, 3.05) is 39.3 Å². The molecule has 2 heterocycles. The lowest BCUT2D eigenvalue weighted by molar-refractivity contribution is 0.0628. The van der Waals surface area contributed by atoms with Crippen LogP contribution >= 0.6 is 34.8 Å². The second-order valence-corrected chi connectivity index (χ2v) is 11.2. The number of carbonyl (C=O) groups excluding carboxylic acids is 1. The fourth-order valence-electron chi connectivity index (χ4n) is 4.09. The first-order valence-electron chi connectivity index (χ1n) is 10.5. The van der Waals surface area contributed by atoms with E-state index in [9.17, 15) is 13.2 Å². The molecule has 6 nitrogen and oxygen atoms in total. The number of halogens is 3. The number of benzene rings is 2. The van der Waals surface area contributed by atoms with Crippen molar-refractivity contribution in [3.05, 3.63) is 62.6 Å². The standard InChI is InChI=1S/C22H24Cl3N3O3S/c23-17-5-3-16(4-6-17)15-26-9-11-27(12-10-26)22(29)18-13-21(20(25)14-19(18)24)32(30,31)28-7-1-2-8-28/h3-6,13-14H,1-2,7-12,15H2. The number of rotatable bonds is 5. The third kappa shape index (κ3) is 5.08. The zero-order valence-electron chi connectivity index (χ0n) is 17.4. The fraction of sp³-hybridized carbons (Fsp3) is 0.409. The summed E-state index contributed by atoms with van der Waals surface area (Å²) < 4.78 is 27.4. The summed E-state index contributed by atoms with van der Waals surface area (Å²) in [6.45, 7) is 4.16. The molecule has 0 N–H and O–H groups in total. The summed E-state index contributed by atoms with van der Waals surface area (Å²) in [5, 5.41) is 0.894. The van der Waals surface area contributed by atoms with E-state index < -0.39 is 10.0 Å². The zero-order valence-corrected chi connectivity index (χ0v) is 20.5. The number of nitrogens with zero attached hydrogens (tertiary/aromatic N) is 3. The molecule has 1 amide bonds. The second kappa shape index (κ2) is 9.87. The summed E-state index contributed by atoms with van der Waals surface area (Å²) in [6.07, 6.45) is 1.63. The first-order valence-corrected chi connectivity index (χ1v) is 13.1. The van der Waals surface area contributed by atoms with Crippen LogP contribution in [0.4, 0.5) is 0 Å². The average Bonchev–Trinajstić information content (AvgIpc) is 3.31. The van der Waals surface area contributed by atoms with Gasteiger partial charge in [0.25, 0.3) is 5.91 Å². The molecule has 0 unspecified atom stereocenters. The molecule has 2 aliphatic heterocycles. The van der Waals surface area contributed by atoms with Crippen molar-refractivity contribution in [3.63, 3.8) is 0 Å². The molecule has 32 heavy (non-hydrogen) atoms. The highest BCUT2D eigenvalue weighted by Crippen LogP contribution is 2.32. The Morgan fingerprint density at radius 2 is 1.47 bits per heavy atom. The minimum atomic E-state index is -3.76. The van der Waals surface area contributed by atoms with E-state index in [0.717, 1.165) is 24.9 Å². The Balaban J connectivity index is 1.47. The van der Waals surface area contributed by atoms with E-state index in [-0.39, 0.29) is 26.4 Å². The Hall–Kier alpha value is -1.35. The van der Waals surface area contributed by atoms with Crippen LogP contribution < -0.4 is 0 Å². The largest absolute Gasteiger partial charge is 0.336 e. The van der Waals surface area contributed by atoms with Crippen LogP contribution in [0.15, 0.2) is 41.3 Å². The van der Waals surface area contributed by atoms with Gasteiger partial charge in [-0.2, -0.15) is 4.31 Å². The van der Waals surface area contributed by atoms with Crippen LogP contribution in [-0.4, -0.2) is 67.7 Å². The highest BCUT2D eigenvalue weighted by atomic mass is 35.5. The molecule has 172 valence electrons. The molecule has 2 aromatic carbocycles. The lowest BCUT2D eigenvalue weighted by Gasteiger charge is -2.35. The van der Waals surface area contributed by atoms with Gasteiger partial charge < -0.3 is 4.90 Å². The third-order valence-corrected chi connectivity index (χ3v) is 8.84. The van der Waals surface area contributed by atoms with Gasteiger partial charge in [-0.15, -0.1) is 0 Å². The van der Waals surface area contributed by atoms with E-state index in [2.05, 4.69) is 4.90 Å². The summed E-state index contributed by atoms with van der Waals surface area (Å²) in [6, 6.07) is 10.4. The molecule has 10 heteroatoms. The number of piperazine rings is 1. The van der Waals surface area contributed by atoms with Gasteiger partial charge in [0.15, 0.2) is 0 Å². The minimum Gasteiger partial charge on any atom is -0.336 e. The monoisotopic (exact) mass is 515 g/mol. The molecular weight excluding hydrogens is 493 g/mol. The molecule has 0 radical (unpaired) electrons. The number of carbonyl (C=O) groups is 1. The molecular formula is C22H24Cl3N3O3S. The SMILES string of the molecule is O=C(c1cc(S(=O)(=O)N2CCCC2)c(Cl)cc1Cl)N1CCN(Cc2ccc(Cl)cc2)CC1. The van der Waals surface area contributed by atoms with Crippen LogP contribution in [0.5, 0.6) is 0 Å². The molecule has 0 aromatic heterocycles. The van der Waals surface area contributed by atoms with Crippen LogP contribution in [0.1, 0.15) is 28.8 Å². The maximum atomic E-state index is 13.2. The highest BCUT2D eigenvalue weighted by molar-refractivity contribution is 7.89. The Labute approximate surface area is 203 Å². The second-order valence-electron chi connectivity index (χ2n) is 8.07. The first kappa shape index (κ1) is 23.8. The van der Waals surface area contributed by atoms with E-state index in [0.29, 0.717) is 44.3 Å². The zero-order chi connectivity index (χ0) is 22.9. The number of amides is 1. The summed E-state index contributed by atoms with van der Waals surface area (Å²) >= 11 is 18.5. The normalized spacial score (nSPS) is 18.3. The van der Waals surface area contributed by atoms with Crippen LogP contribution in [0.3, 0.4) is 0 Å². The van der Waals surface area contributed by atoms with Crippen molar-refractivity contribution < 1.29 is 13.2 Å². The molecule has 0 saturated carbocycles. The molecule has 0 bridgehead atoms. The van der Waals surface area contributed by atoms with Crippen molar-refractivity contribution in [2.24, 2.45) is 0 Å². The topological polar surface area (TPSA) is 60.9 Å². The van der Waals surface area contributed by atoms with Crippen LogP contribution in [0, 0.1) is 0 Å². The van der Waals surface area contributed by atoms with Gasteiger partial charge in [0.05, 0.1) is 15.6 Å². The number of hydrogen-bond acceptors (Lipinski definition) is 4. The molecule has 2 aromatic rings. The van der Waals surface area contributed by atoms with Crippen LogP contribution in [-0.2, 0) is 16.6 Å². The third-order valence-electron chi connectivity index (χ3n) is 5.91. The number of hydrogen-bond donors (Lipinski definition) is 0. The van der Waals surface area contributed by atoms with Gasteiger partial charge in [0.1, 0.15) is 4.90 Å². The lowest BCUT2D eigenvalue weighted by atomic mass is 10.1. The molecule has 0 spiro atoms. The van der Waals surface area contributed by atoms with Crippen LogP contribution in [0.2, 0.25) is 15.1 Å². The maximum absolute atomic E-state index is 13.2. The summed E-state index contributed by atoms with van der Waals surface area (Å²) in [7, 11) is -3.76. The van der Waals surface area contributed by atoms with E-state index in [1.54, 1.807) is 4.90 Å². The van der Waals surface area contributed by atoms with Gasteiger partial charge in [-0.1, -0.05) is 46.9 Å². The molecule has 0 atom stereocenters. The average molecular weight is 517 g/mol. The number of sulfonamides is 1. The van der Waals surface area contributed by atoms with Gasteiger partial charge >= 0.3 is 0 Å². The van der Waals surface area contributed by atoms with E-state index in [1.165, 1.54) is 16.4 Å². The van der Waals surface area contributed by atoms with E-state index in [4.69, 9.17) is 34.8 Å². The van der Waals surface area contributed by atoms with Crippen molar-refractivity contribution in [2.45, 2.75) is 24.3 Å². The van der Waals surface area contributed by atoms with Gasteiger partial charge in [-0.05, 0) is 42.7 Å². The highest BCUT2D eigenvalue weighted by Gasteiger charge is 2.32. The Bertz CT molecular complexity index is 1100. The maximum Gasteiger partial charge on any atom is 0.255 e. The molecule has 2 aliphatic rings. The minimum absolute atomic E-state index is 0.0335. The first-order chi connectivity index (χ1) is 15.3. The smallest absolute Gasteiger partial charge is 0.255 e.